The van der Waals surface area contributed by atoms with Gasteiger partial charge in [-0.15, -0.1) is 10.2 Å². The Morgan fingerprint density at radius 3 is 2.21 bits per heavy atom. The Balaban J connectivity index is 2.35. The van der Waals surface area contributed by atoms with Gasteiger partial charge >= 0.3 is 0 Å². The van der Waals surface area contributed by atoms with Crippen molar-refractivity contribution in [1.82, 2.24) is 10.2 Å². The van der Waals surface area contributed by atoms with Crippen molar-refractivity contribution in [1.29, 1.82) is 0 Å². The summed E-state index contributed by atoms with van der Waals surface area (Å²) in [6, 6.07) is 7.87. The van der Waals surface area contributed by atoms with Crippen LogP contribution in [-0.4, -0.2) is 16.3 Å². The van der Waals surface area contributed by atoms with Crippen molar-refractivity contribution >= 4 is 11.6 Å². The highest BCUT2D eigenvalue weighted by Gasteiger charge is 2.10. The van der Waals surface area contributed by atoms with Crippen LogP contribution in [0.3, 0.4) is 0 Å². The van der Waals surface area contributed by atoms with E-state index in [-0.39, 0.29) is 6.10 Å². The molecule has 0 saturated heterocycles. The second-order valence-electron chi connectivity index (χ2n) is 4.78. The Morgan fingerprint density at radius 2 is 1.63 bits per heavy atom. The van der Waals surface area contributed by atoms with E-state index >= 15 is 0 Å². The van der Waals surface area contributed by atoms with E-state index in [9.17, 15) is 0 Å². The van der Waals surface area contributed by atoms with E-state index < -0.39 is 0 Å². The Hall–Kier alpha value is -1.61. The first-order chi connectivity index (χ1) is 8.99. The van der Waals surface area contributed by atoms with Crippen LogP contribution in [0.2, 0.25) is 5.15 Å². The lowest BCUT2D eigenvalue weighted by Crippen LogP contribution is -2.05. The van der Waals surface area contributed by atoms with Crippen molar-refractivity contribution in [3.63, 3.8) is 0 Å². The molecule has 0 aliphatic heterocycles. The molecule has 0 spiro atoms. The number of rotatable bonds is 3. The average Bonchev–Trinajstić information content (AvgIpc) is 2.37. The highest BCUT2D eigenvalue weighted by atomic mass is 35.5. The van der Waals surface area contributed by atoms with Crippen LogP contribution < -0.4 is 4.74 Å². The van der Waals surface area contributed by atoms with Gasteiger partial charge in [0.1, 0.15) is 5.75 Å². The minimum absolute atomic E-state index is 0.171. The number of nitrogens with zero attached hydrogens (tertiary/aromatic N) is 2. The van der Waals surface area contributed by atoms with Crippen LogP contribution >= 0.6 is 11.6 Å². The molecule has 0 aliphatic rings. The molecule has 0 amide bonds. The molecule has 19 heavy (non-hydrogen) atoms. The van der Waals surface area contributed by atoms with Crippen molar-refractivity contribution in [2.24, 2.45) is 0 Å². The molecule has 0 atom stereocenters. The quantitative estimate of drug-likeness (QED) is 0.843. The predicted octanol–water partition coefficient (Wildman–Crippen LogP) is 4.20. The van der Waals surface area contributed by atoms with Crippen LogP contribution in [0.1, 0.15) is 25.0 Å². The minimum atomic E-state index is 0.171. The fourth-order valence-electron chi connectivity index (χ4n) is 1.81. The first-order valence-corrected chi connectivity index (χ1v) is 6.63. The molecule has 0 saturated carbocycles. The normalized spacial score (nSPS) is 10.8. The SMILES string of the molecule is Cc1c(Cl)nnc(-c2ccc(OC(C)C)cc2)c1C. The molecule has 1 heterocycles. The van der Waals surface area contributed by atoms with Crippen molar-refractivity contribution in [2.75, 3.05) is 0 Å². The van der Waals surface area contributed by atoms with E-state index in [2.05, 4.69) is 10.2 Å². The molecule has 100 valence electrons. The fourth-order valence-corrected chi connectivity index (χ4v) is 1.99. The molecular formula is C15H17ClN2O. The summed E-state index contributed by atoms with van der Waals surface area (Å²) in [6.07, 6.45) is 0.171. The maximum atomic E-state index is 5.96. The predicted molar refractivity (Wildman–Crippen MR) is 77.7 cm³/mol. The third kappa shape index (κ3) is 3.04. The van der Waals surface area contributed by atoms with Crippen LogP contribution in [0.15, 0.2) is 24.3 Å². The number of ether oxygens (including phenoxy) is 1. The number of halogens is 1. The summed E-state index contributed by atoms with van der Waals surface area (Å²) in [5, 5.41) is 8.61. The van der Waals surface area contributed by atoms with Gasteiger partial charge in [-0.1, -0.05) is 11.6 Å². The number of aromatic nitrogens is 2. The van der Waals surface area contributed by atoms with Crippen molar-refractivity contribution in [3.05, 3.63) is 40.5 Å². The topological polar surface area (TPSA) is 35.0 Å². The van der Waals surface area contributed by atoms with Crippen LogP contribution in [0.25, 0.3) is 11.3 Å². The molecule has 0 bridgehead atoms. The van der Waals surface area contributed by atoms with E-state index in [1.54, 1.807) is 0 Å². The van der Waals surface area contributed by atoms with Gasteiger partial charge in [0, 0.05) is 5.56 Å². The summed E-state index contributed by atoms with van der Waals surface area (Å²) in [6.45, 7) is 7.97. The molecule has 3 nitrogen and oxygen atoms in total. The van der Waals surface area contributed by atoms with Gasteiger partial charge in [-0.05, 0) is 63.1 Å². The molecule has 0 unspecified atom stereocenters. The standard InChI is InChI=1S/C15H17ClN2O/c1-9(2)19-13-7-5-12(6-8-13)14-10(3)11(4)15(16)18-17-14/h5-9H,1-4H3. The molecule has 0 aliphatic carbocycles. The highest BCUT2D eigenvalue weighted by molar-refractivity contribution is 6.30. The number of hydrogen-bond donors (Lipinski definition) is 0. The molecule has 4 heteroatoms. The van der Waals surface area contributed by atoms with Crippen molar-refractivity contribution in [2.45, 2.75) is 33.8 Å². The lowest BCUT2D eigenvalue weighted by atomic mass is 10.0. The molecule has 0 N–H and O–H groups in total. The zero-order valence-electron chi connectivity index (χ0n) is 11.6. The van der Waals surface area contributed by atoms with Gasteiger partial charge < -0.3 is 4.74 Å². The molecule has 2 aromatic rings. The zero-order valence-corrected chi connectivity index (χ0v) is 12.3. The molecule has 1 aromatic heterocycles. The lowest BCUT2D eigenvalue weighted by molar-refractivity contribution is 0.242. The summed E-state index contributed by atoms with van der Waals surface area (Å²) in [7, 11) is 0. The summed E-state index contributed by atoms with van der Waals surface area (Å²) in [4.78, 5) is 0. The van der Waals surface area contributed by atoms with Crippen LogP contribution in [0.4, 0.5) is 0 Å². The summed E-state index contributed by atoms with van der Waals surface area (Å²) < 4.78 is 5.62. The van der Waals surface area contributed by atoms with Gasteiger partial charge in [-0.2, -0.15) is 0 Å². The maximum absolute atomic E-state index is 5.96. The fraction of sp³-hybridized carbons (Fsp3) is 0.333. The van der Waals surface area contributed by atoms with Gasteiger partial charge in [0.25, 0.3) is 0 Å². The van der Waals surface area contributed by atoms with Crippen molar-refractivity contribution in [3.8, 4) is 17.0 Å². The third-order valence-electron chi connectivity index (χ3n) is 2.96. The van der Waals surface area contributed by atoms with Gasteiger partial charge in [-0.3, -0.25) is 0 Å². The number of benzene rings is 1. The average molecular weight is 277 g/mol. The first-order valence-electron chi connectivity index (χ1n) is 6.25. The molecular weight excluding hydrogens is 260 g/mol. The van der Waals surface area contributed by atoms with Gasteiger partial charge in [0.15, 0.2) is 5.15 Å². The van der Waals surface area contributed by atoms with E-state index in [4.69, 9.17) is 16.3 Å². The van der Waals surface area contributed by atoms with Gasteiger partial charge in [0.05, 0.1) is 11.8 Å². The molecule has 1 aromatic carbocycles. The monoisotopic (exact) mass is 276 g/mol. The first kappa shape index (κ1) is 13.8. The Kier molecular flexibility index (Phi) is 4.05. The minimum Gasteiger partial charge on any atom is -0.491 e. The highest BCUT2D eigenvalue weighted by Crippen LogP contribution is 2.27. The lowest BCUT2D eigenvalue weighted by Gasteiger charge is -2.11. The summed E-state index contributed by atoms with van der Waals surface area (Å²) >= 11 is 5.96. The second kappa shape index (κ2) is 5.57. The summed E-state index contributed by atoms with van der Waals surface area (Å²) in [5.74, 6) is 0.857. The molecule has 0 radical (unpaired) electrons. The summed E-state index contributed by atoms with van der Waals surface area (Å²) in [5.41, 5.74) is 3.89. The third-order valence-corrected chi connectivity index (χ3v) is 3.32. The Bertz CT molecular complexity index is 579. The molecule has 2 rings (SSSR count). The maximum Gasteiger partial charge on any atom is 0.154 e. The van der Waals surface area contributed by atoms with Gasteiger partial charge in [-0.25, -0.2) is 0 Å². The number of hydrogen-bond acceptors (Lipinski definition) is 3. The van der Waals surface area contributed by atoms with Crippen LogP contribution in [0, 0.1) is 13.8 Å². The Morgan fingerprint density at radius 1 is 1.00 bits per heavy atom. The van der Waals surface area contributed by atoms with Crippen LogP contribution in [-0.2, 0) is 0 Å². The van der Waals surface area contributed by atoms with E-state index in [1.165, 1.54) is 0 Å². The van der Waals surface area contributed by atoms with E-state index in [0.29, 0.717) is 5.15 Å². The van der Waals surface area contributed by atoms with Crippen LogP contribution in [0.5, 0.6) is 5.75 Å². The zero-order chi connectivity index (χ0) is 14.0. The van der Waals surface area contributed by atoms with E-state index in [1.807, 2.05) is 52.0 Å². The smallest absolute Gasteiger partial charge is 0.154 e. The van der Waals surface area contributed by atoms with Gasteiger partial charge in [0.2, 0.25) is 0 Å². The largest absolute Gasteiger partial charge is 0.491 e. The van der Waals surface area contributed by atoms with Crippen molar-refractivity contribution < 1.29 is 4.74 Å². The Labute approximate surface area is 118 Å². The second-order valence-corrected chi connectivity index (χ2v) is 5.14. The van der Waals surface area contributed by atoms with E-state index in [0.717, 1.165) is 28.1 Å². The molecule has 0 fully saturated rings.